The van der Waals surface area contributed by atoms with E-state index < -0.39 is 81.6 Å². The molecular formula is C20H19ClN2O8. The lowest BCUT2D eigenvalue weighted by atomic mass is 9.51. The quantitative estimate of drug-likeness (QED) is 0.207. The van der Waals surface area contributed by atoms with E-state index in [4.69, 9.17) is 23.1 Å². The molecule has 2 saturated carbocycles. The number of nitrogen functional groups attached to an aromatic ring is 1. The van der Waals surface area contributed by atoms with Gasteiger partial charge in [-0.2, -0.15) is 0 Å². The van der Waals surface area contributed by atoms with E-state index in [0.717, 1.165) is 6.07 Å². The zero-order chi connectivity index (χ0) is 23.2. The molecule has 0 spiro atoms. The molecule has 0 aromatic heterocycles. The second-order valence-corrected chi connectivity index (χ2v) is 8.98. The molecule has 0 heterocycles. The molecular weight excluding hydrogens is 432 g/mol. The summed E-state index contributed by atoms with van der Waals surface area (Å²) in [7, 11) is 0. The van der Waals surface area contributed by atoms with Gasteiger partial charge < -0.3 is 26.8 Å². The molecule has 164 valence electrons. The molecule has 1 aromatic rings. The summed E-state index contributed by atoms with van der Waals surface area (Å²) in [5, 5.41) is 32.7. The van der Waals surface area contributed by atoms with E-state index in [9.17, 15) is 39.3 Å². The number of halogens is 1. The first-order valence-electron chi connectivity index (χ1n) is 9.47. The number of ketones is 4. The number of amides is 1. The number of Topliss-reactive ketones (excluding diaryl/α,β-unsaturated/α-hetero) is 4. The van der Waals surface area contributed by atoms with Crippen LogP contribution in [0.15, 0.2) is 6.07 Å². The number of phenols is 1. The highest BCUT2D eigenvalue weighted by Gasteiger charge is 2.69. The molecule has 0 bridgehead atoms. The third-order valence-corrected chi connectivity index (χ3v) is 7.25. The van der Waals surface area contributed by atoms with Crippen LogP contribution in [-0.4, -0.2) is 50.0 Å². The Kier molecular flexibility index (Phi) is 4.38. The molecule has 0 aliphatic heterocycles. The van der Waals surface area contributed by atoms with Gasteiger partial charge in [0.1, 0.15) is 5.75 Å². The second-order valence-electron chi connectivity index (χ2n) is 8.57. The van der Waals surface area contributed by atoms with Gasteiger partial charge in [-0.25, -0.2) is 0 Å². The van der Waals surface area contributed by atoms with E-state index in [0.29, 0.717) is 0 Å². The number of nitrogens with two attached hydrogens (primary N) is 2. The minimum atomic E-state index is -2.80. The number of anilines is 1. The Morgan fingerprint density at radius 2 is 1.81 bits per heavy atom. The number of aliphatic hydroxyl groups is 2. The van der Waals surface area contributed by atoms with Crippen molar-refractivity contribution in [3.05, 3.63) is 22.2 Å². The van der Waals surface area contributed by atoms with Crippen LogP contribution in [0.5, 0.6) is 5.75 Å². The van der Waals surface area contributed by atoms with E-state index in [2.05, 4.69) is 0 Å². The standard InChI is InChI=1S/C20H19ClN2O8/c1-19(30)6-2-5-3-8(24)12(18(23)29)17(28)20(5,31)16(27)10(6)15(26)11-9(25)4-7(21)14(22)13(11)19/h4-6,10,12,25,30-31H,2-3,22H2,1H3,(H2,23,29)/t5-,6-,10?,12?,19+,20-/m0/s1. The van der Waals surface area contributed by atoms with Crippen LogP contribution in [0.1, 0.15) is 35.7 Å². The fourth-order valence-corrected chi connectivity index (χ4v) is 5.62. The van der Waals surface area contributed by atoms with Gasteiger partial charge in [-0.15, -0.1) is 0 Å². The van der Waals surface area contributed by atoms with E-state index in [1.54, 1.807) is 0 Å². The molecule has 3 aliphatic rings. The van der Waals surface area contributed by atoms with Gasteiger partial charge in [-0.05, 0) is 13.3 Å². The normalized spacial score (nSPS) is 37.2. The van der Waals surface area contributed by atoms with Crippen LogP contribution in [0.25, 0.3) is 0 Å². The topological polar surface area (TPSA) is 198 Å². The van der Waals surface area contributed by atoms with E-state index in [1.807, 2.05) is 0 Å². The summed E-state index contributed by atoms with van der Waals surface area (Å²) in [4.78, 5) is 63.4. The third-order valence-electron chi connectivity index (χ3n) is 6.93. The van der Waals surface area contributed by atoms with E-state index in [1.165, 1.54) is 6.92 Å². The number of hydrogen-bond donors (Lipinski definition) is 5. The van der Waals surface area contributed by atoms with Gasteiger partial charge in [-0.1, -0.05) is 11.6 Å². The molecule has 1 aromatic carbocycles. The molecule has 6 atom stereocenters. The lowest BCUT2D eigenvalue weighted by Gasteiger charge is -2.52. The van der Waals surface area contributed by atoms with Crippen LogP contribution in [0.2, 0.25) is 5.02 Å². The monoisotopic (exact) mass is 450 g/mol. The van der Waals surface area contributed by atoms with Crippen molar-refractivity contribution in [2.75, 3.05) is 5.73 Å². The van der Waals surface area contributed by atoms with Gasteiger partial charge in [0.2, 0.25) is 5.91 Å². The maximum atomic E-state index is 13.4. The number of rotatable bonds is 1. The average Bonchev–Trinajstić information content (AvgIpc) is 2.65. The summed E-state index contributed by atoms with van der Waals surface area (Å²) < 4.78 is 0. The molecule has 31 heavy (non-hydrogen) atoms. The van der Waals surface area contributed by atoms with Crippen LogP contribution >= 0.6 is 11.6 Å². The summed E-state index contributed by atoms with van der Waals surface area (Å²) in [5.74, 6) is -12.5. The van der Waals surface area contributed by atoms with Crippen molar-refractivity contribution in [3.63, 3.8) is 0 Å². The number of carbonyl (C=O) groups excluding carboxylic acids is 5. The minimum Gasteiger partial charge on any atom is -0.507 e. The Labute approximate surface area is 180 Å². The smallest absolute Gasteiger partial charge is 0.235 e. The fraction of sp³-hybridized carbons (Fsp3) is 0.450. The van der Waals surface area contributed by atoms with Crippen molar-refractivity contribution in [1.82, 2.24) is 0 Å². The third kappa shape index (κ3) is 2.49. The molecule has 0 radical (unpaired) electrons. The van der Waals surface area contributed by atoms with Crippen molar-refractivity contribution < 1.29 is 39.3 Å². The highest BCUT2D eigenvalue weighted by molar-refractivity contribution is 6.34. The van der Waals surface area contributed by atoms with Crippen molar-refractivity contribution in [1.29, 1.82) is 0 Å². The number of hydrogen-bond acceptors (Lipinski definition) is 9. The van der Waals surface area contributed by atoms with Gasteiger partial charge in [-0.3, -0.25) is 24.0 Å². The van der Waals surface area contributed by atoms with Crippen LogP contribution in [0, 0.1) is 23.7 Å². The number of carbonyl (C=O) groups is 5. The molecule has 3 aliphatic carbocycles. The highest BCUT2D eigenvalue weighted by Crippen LogP contribution is 2.57. The number of phenolic OH excluding ortho intramolecular Hbond substituents is 1. The van der Waals surface area contributed by atoms with Crippen molar-refractivity contribution in [2.45, 2.75) is 31.0 Å². The summed E-state index contributed by atoms with van der Waals surface area (Å²) in [6, 6.07) is 0.988. The predicted octanol–water partition coefficient (Wildman–Crippen LogP) is -0.773. The first kappa shape index (κ1) is 21.4. The molecule has 2 unspecified atom stereocenters. The van der Waals surface area contributed by atoms with Crippen molar-refractivity contribution >= 4 is 46.3 Å². The number of aromatic hydroxyl groups is 1. The Bertz CT molecular complexity index is 1110. The minimum absolute atomic E-state index is 0.117. The van der Waals surface area contributed by atoms with Gasteiger partial charge in [0.05, 0.1) is 27.8 Å². The molecule has 0 saturated heterocycles. The van der Waals surface area contributed by atoms with E-state index >= 15 is 0 Å². The largest absolute Gasteiger partial charge is 0.507 e. The highest BCUT2D eigenvalue weighted by atomic mass is 35.5. The first-order chi connectivity index (χ1) is 14.3. The maximum absolute atomic E-state index is 13.4. The number of fused-ring (bicyclic) bond motifs is 3. The lowest BCUT2D eigenvalue weighted by Crippen LogP contribution is -2.70. The Morgan fingerprint density at radius 1 is 1.19 bits per heavy atom. The molecule has 7 N–H and O–H groups in total. The molecule has 11 heteroatoms. The van der Waals surface area contributed by atoms with Gasteiger partial charge in [0.15, 0.2) is 34.7 Å². The predicted molar refractivity (Wildman–Crippen MR) is 104 cm³/mol. The van der Waals surface area contributed by atoms with Gasteiger partial charge in [0.25, 0.3) is 0 Å². The SMILES string of the molecule is C[C@]1(O)c2c(N)c(Cl)cc(O)c2C(=O)C2C(=O)[C@]3(O)C(=O)C(C(N)=O)C(=O)C[C@@H]3C[C@@H]21. The second kappa shape index (κ2) is 6.35. The summed E-state index contributed by atoms with van der Waals surface area (Å²) in [6.45, 7) is 1.28. The molecule has 1 amide bonds. The van der Waals surface area contributed by atoms with Crippen LogP contribution in [0.4, 0.5) is 5.69 Å². The summed E-state index contributed by atoms with van der Waals surface area (Å²) in [5.41, 5.74) is 5.56. The zero-order valence-corrected chi connectivity index (χ0v) is 17.0. The van der Waals surface area contributed by atoms with Crippen LogP contribution < -0.4 is 11.5 Å². The van der Waals surface area contributed by atoms with E-state index in [-0.39, 0.29) is 22.7 Å². The molecule has 4 rings (SSSR count). The van der Waals surface area contributed by atoms with Crippen molar-refractivity contribution in [3.8, 4) is 5.75 Å². The maximum Gasteiger partial charge on any atom is 0.235 e. The Morgan fingerprint density at radius 3 is 2.39 bits per heavy atom. The van der Waals surface area contributed by atoms with Gasteiger partial charge in [0, 0.05) is 29.9 Å². The average molecular weight is 451 g/mol. The molecule has 2 fully saturated rings. The Hall–Kier alpha value is -2.82. The Balaban J connectivity index is 1.93. The van der Waals surface area contributed by atoms with Gasteiger partial charge >= 0.3 is 0 Å². The van der Waals surface area contributed by atoms with Crippen LogP contribution in [-0.2, 0) is 24.8 Å². The first-order valence-corrected chi connectivity index (χ1v) is 9.85. The lowest BCUT2D eigenvalue weighted by molar-refractivity contribution is -0.182. The number of primary amides is 1. The van der Waals surface area contributed by atoms with Crippen LogP contribution in [0.3, 0.4) is 0 Å². The summed E-state index contributed by atoms with van der Waals surface area (Å²) >= 11 is 6.00. The van der Waals surface area contributed by atoms with Crippen molar-refractivity contribution in [2.24, 2.45) is 29.4 Å². The fourth-order valence-electron chi connectivity index (χ4n) is 5.43. The molecule has 10 nitrogen and oxygen atoms in total. The zero-order valence-electron chi connectivity index (χ0n) is 16.2. The number of benzene rings is 1. The summed E-state index contributed by atoms with van der Waals surface area (Å²) in [6.07, 6.45) is -0.793.